The van der Waals surface area contributed by atoms with Crippen molar-refractivity contribution >= 4 is 11.9 Å². The average Bonchev–Trinajstić information content (AvgIpc) is 2.61. The Hall–Kier alpha value is -1.06. The number of carbonyl (C=O) groups excluding carboxylic acids is 2. The van der Waals surface area contributed by atoms with Crippen molar-refractivity contribution in [2.24, 2.45) is 5.92 Å². The van der Waals surface area contributed by atoms with Crippen molar-refractivity contribution in [1.82, 2.24) is 0 Å². The first-order chi connectivity index (χ1) is 12.1. The lowest BCUT2D eigenvalue weighted by Gasteiger charge is -2.09. The fourth-order valence-corrected chi connectivity index (χ4v) is 3.10. The number of unbranched alkanes of at least 4 members (excludes halogenated alkanes) is 11. The summed E-state index contributed by atoms with van der Waals surface area (Å²) in [6.45, 7) is 2.13. The van der Waals surface area contributed by atoms with Gasteiger partial charge >= 0.3 is 11.9 Å². The molecule has 148 valence electrons. The zero-order valence-corrected chi connectivity index (χ0v) is 16.8. The summed E-state index contributed by atoms with van der Waals surface area (Å²) in [6.07, 6.45) is 17.4. The SMILES string of the molecule is COC(=O)CCCCCCCCCCCCCCC(C)CC(=O)OC. The molecule has 0 amide bonds. The van der Waals surface area contributed by atoms with Gasteiger partial charge in [-0.2, -0.15) is 0 Å². The Morgan fingerprint density at radius 1 is 0.640 bits per heavy atom. The van der Waals surface area contributed by atoms with Crippen LogP contribution in [0.15, 0.2) is 0 Å². The monoisotopic (exact) mass is 356 g/mol. The highest BCUT2D eigenvalue weighted by molar-refractivity contribution is 5.69. The first-order valence-electron chi connectivity index (χ1n) is 10.2. The number of ether oxygens (including phenoxy) is 2. The lowest BCUT2D eigenvalue weighted by molar-refractivity contribution is -0.142. The molecule has 0 aliphatic rings. The van der Waals surface area contributed by atoms with Gasteiger partial charge in [0, 0.05) is 12.8 Å². The molecular weight excluding hydrogens is 316 g/mol. The quantitative estimate of drug-likeness (QED) is 0.243. The molecule has 1 atom stereocenters. The van der Waals surface area contributed by atoms with E-state index in [4.69, 9.17) is 4.74 Å². The Kier molecular flexibility index (Phi) is 17.0. The Morgan fingerprint density at radius 3 is 1.48 bits per heavy atom. The van der Waals surface area contributed by atoms with Crippen molar-refractivity contribution in [2.45, 2.75) is 103 Å². The van der Waals surface area contributed by atoms with Crippen molar-refractivity contribution in [3.8, 4) is 0 Å². The minimum Gasteiger partial charge on any atom is -0.469 e. The molecule has 0 aliphatic carbocycles. The summed E-state index contributed by atoms with van der Waals surface area (Å²) in [5.41, 5.74) is 0. The zero-order valence-electron chi connectivity index (χ0n) is 16.8. The predicted octanol–water partition coefficient (Wildman–Crippen LogP) is 5.82. The first-order valence-corrected chi connectivity index (χ1v) is 10.2. The smallest absolute Gasteiger partial charge is 0.305 e. The second-order valence-corrected chi connectivity index (χ2v) is 7.24. The molecule has 0 heterocycles. The molecule has 0 spiro atoms. The van der Waals surface area contributed by atoms with E-state index in [1.54, 1.807) is 0 Å². The third kappa shape index (κ3) is 17.6. The van der Waals surface area contributed by atoms with Crippen LogP contribution in [-0.4, -0.2) is 26.2 Å². The van der Waals surface area contributed by atoms with Crippen molar-refractivity contribution in [3.05, 3.63) is 0 Å². The summed E-state index contributed by atoms with van der Waals surface area (Å²) >= 11 is 0. The number of methoxy groups -OCH3 is 2. The number of carbonyl (C=O) groups is 2. The van der Waals surface area contributed by atoms with E-state index >= 15 is 0 Å². The van der Waals surface area contributed by atoms with E-state index in [9.17, 15) is 9.59 Å². The van der Waals surface area contributed by atoms with Crippen LogP contribution in [0.25, 0.3) is 0 Å². The molecule has 0 saturated carbocycles. The molecule has 0 aromatic heterocycles. The van der Waals surface area contributed by atoms with Crippen molar-refractivity contribution in [3.63, 3.8) is 0 Å². The molecule has 0 saturated heterocycles. The molecule has 4 nitrogen and oxygen atoms in total. The van der Waals surface area contributed by atoms with Crippen molar-refractivity contribution in [2.75, 3.05) is 14.2 Å². The van der Waals surface area contributed by atoms with Crippen LogP contribution in [0.3, 0.4) is 0 Å². The molecule has 0 aromatic rings. The van der Waals surface area contributed by atoms with Gasteiger partial charge in [0.25, 0.3) is 0 Å². The van der Waals surface area contributed by atoms with E-state index in [1.165, 1.54) is 78.4 Å². The second-order valence-electron chi connectivity index (χ2n) is 7.24. The summed E-state index contributed by atoms with van der Waals surface area (Å²) in [6, 6.07) is 0. The van der Waals surface area contributed by atoms with E-state index < -0.39 is 0 Å². The summed E-state index contributed by atoms with van der Waals surface area (Å²) in [4.78, 5) is 22.1. The minimum atomic E-state index is -0.0871. The molecule has 0 bridgehead atoms. The lowest BCUT2D eigenvalue weighted by atomic mass is 9.99. The minimum absolute atomic E-state index is 0.0853. The van der Waals surface area contributed by atoms with E-state index in [1.807, 2.05) is 0 Å². The predicted molar refractivity (Wildman–Crippen MR) is 102 cm³/mol. The van der Waals surface area contributed by atoms with Crippen LogP contribution in [0, 0.1) is 5.92 Å². The maximum Gasteiger partial charge on any atom is 0.305 e. The van der Waals surface area contributed by atoms with Crippen LogP contribution >= 0.6 is 0 Å². The topological polar surface area (TPSA) is 52.6 Å². The van der Waals surface area contributed by atoms with E-state index in [0.29, 0.717) is 18.8 Å². The Labute approximate surface area is 155 Å². The normalized spacial score (nSPS) is 12.0. The zero-order chi connectivity index (χ0) is 18.8. The fraction of sp³-hybridized carbons (Fsp3) is 0.905. The van der Waals surface area contributed by atoms with E-state index in [2.05, 4.69) is 11.7 Å². The van der Waals surface area contributed by atoms with Gasteiger partial charge in [-0.1, -0.05) is 84.0 Å². The highest BCUT2D eigenvalue weighted by Gasteiger charge is 2.08. The summed E-state index contributed by atoms with van der Waals surface area (Å²) < 4.78 is 9.33. The van der Waals surface area contributed by atoms with Gasteiger partial charge in [-0.15, -0.1) is 0 Å². The molecule has 0 fully saturated rings. The van der Waals surface area contributed by atoms with Gasteiger partial charge in [0.1, 0.15) is 0 Å². The van der Waals surface area contributed by atoms with Crippen molar-refractivity contribution < 1.29 is 19.1 Å². The van der Waals surface area contributed by atoms with E-state index in [-0.39, 0.29) is 11.9 Å². The van der Waals surface area contributed by atoms with E-state index in [0.717, 1.165) is 19.3 Å². The van der Waals surface area contributed by atoms with Crippen LogP contribution in [0.5, 0.6) is 0 Å². The summed E-state index contributed by atoms with van der Waals surface area (Å²) in [5, 5.41) is 0. The maximum atomic E-state index is 11.2. The Morgan fingerprint density at radius 2 is 1.04 bits per heavy atom. The third-order valence-corrected chi connectivity index (χ3v) is 4.80. The van der Waals surface area contributed by atoms with Gasteiger partial charge in [0.15, 0.2) is 0 Å². The summed E-state index contributed by atoms with van der Waals surface area (Å²) in [5.74, 6) is 0.272. The average molecular weight is 357 g/mol. The first kappa shape index (κ1) is 23.9. The lowest BCUT2D eigenvalue weighted by Crippen LogP contribution is -2.06. The number of hydrogen-bond acceptors (Lipinski definition) is 4. The van der Waals surface area contributed by atoms with Gasteiger partial charge < -0.3 is 9.47 Å². The van der Waals surface area contributed by atoms with Gasteiger partial charge in [-0.3, -0.25) is 9.59 Å². The summed E-state index contributed by atoms with van der Waals surface area (Å²) in [7, 11) is 2.91. The fourth-order valence-electron chi connectivity index (χ4n) is 3.10. The molecule has 1 unspecified atom stereocenters. The molecule has 0 aromatic carbocycles. The van der Waals surface area contributed by atoms with Crippen LogP contribution in [-0.2, 0) is 19.1 Å². The van der Waals surface area contributed by atoms with Crippen molar-refractivity contribution in [1.29, 1.82) is 0 Å². The van der Waals surface area contributed by atoms with Gasteiger partial charge in [-0.25, -0.2) is 0 Å². The van der Waals surface area contributed by atoms with Crippen LogP contribution < -0.4 is 0 Å². The third-order valence-electron chi connectivity index (χ3n) is 4.80. The van der Waals surface area contributed by atoms with Crippen LogP contribution in [0.1, 0.15) is 103 Å². The molecule has 0 radical (unpaired) electrons. The van der Waals surface area contributed by atoms with Crippen LogP contribution in [0.2, 0.25) is 0 Å². The number of esters is 2. The molecule has 0 aliphatic heterocycles. The van der Waals surface area contributed by atoms with Gasteiger partial charge in [0.2, 0.25) is 0 Å². The standard InChI is InChI=1S/C21H40O4/c1-19(18-21(23)25-3)16-14-12-10-8-6-4-5-7-9-11-13-15-17-20(22)24-2/h19H,4-18H2,1-3H3. The Bertz CT molecular complexity index is 328. The number of rotatable bonds is 17. The molecule has 0 rings (SSSR count). The Balaban J connectivity index is 3.16. The highest BCUT2D eigenvalue weighted by atomic mass is 16.5. The number of hydrogen-bond donors (Lipinski definition) is 0. The largest absolute Gasteiger partial charge is 0.469 e. The second kappa shape index (κ2) is 17.8. The van der Waals surface area contributed by atoms with Gasteiger partial charge in [-0.05, 0) is 12.3 Å². The molecular formula is C21H40O4. The van der Waals surface area contributed by atoms with Gasteiger partial charge in [0.05, 0.1) is 14.2 Å². The molecule has 25 heavy (non-hydrogen) atoms. The molecule has 0 N–H and O–H groups in total. The highest BCUT2D eigenvalue weighted by Crippen LogP contribution is 2.16. The maximum absolute atomic E-state index is 11.2. The molecule has 4 heteroatoms. The van der Waals surface area contributed by atoms with Crippen LogP contribution in [0.4, 0.5) is 0 Å².